The highest BCUT2D eigenvalue weighted by molar-refractivity contribution is 7.18. The second-order valence-electron chi connectivity index (χ2n) is 4.86. The van der Waals surface area contributed by atoms with Crippen LogP contribution in [0.25, 0.3) is 0 Å². The number of Topliss-reactive ketones (excluding diaryl/α,β-unsaturated/α-hetero) is 1. The third kappa shape index (κ3) is 2.80. The molecule has 2 aliphatic rings. The number of piperazine rings is 1. The average Bonchev–Trinajstić information content (AvgIpc) is 2.98. The van der Waals surface area contributed by atoms with Crippen molar-refractivity contribution in [1.29, 1.82) is 0 Å². The molecule has 1 N–H and O–H groups in total. The van der Waals surface area contributed by atoms with Crippen molar-refractivity contribution in [2.24, 2.45) is 0 Å². The minimum atomic E-state index is 0.204. The van der Waals surface area contributed by atoms with Gasteiger partial charge in [-0.1, -0.05) is 18.2 Å². The summed E-state index contributed by atoms with van der Waals surface area (Å²) in [4.78, 5) is 15.6. The molecular formula is C15H18N2OS. The van der Waals surface area contributed by atoms with Crippen molar-refractivity contribution in [3.8, 4) is 0 Å². The van der Waals surface area contributed by atoms with E-state index >= 15 is 0 Å². The smallest absolute Gasteiger partial charge is 0.199 e. The van der Waals surface area contributed by atoms with Crippen LogP contribution >= 0.6 is 11.3 Å². The highest BCUT2D eigenvalue weighted by Crippen LogP contribution is 2.29. The topological polar surface area (TPSA) is 32.3 Å². The van der Waals surface area contributed by atoms with E-state index < -0.39 is 0 Å². The van der Waals surface area contributed by atoms with Crippen LogP contribution in [-0.2, 0) is 0 Å². The van der Waals surface area contributed by atoms with Crippen LogP contribution in [0.3, 0.4) is 0 Å². The van der Waals surface area contributed by atoms with Crippen molar-refractivity contribution >= 4 is 22.1 Å². The normalized spacial score (nSPS) is 19.4. The standard InChI is InChI=1S/C15H18N2OS/c18-15(12-4-2-1-3-5-12)13-6-7-14(19-13)17-10-8-16-9-11-17/h1-2,4,6-7,16H,3,5,8-11H2. The van der Waals surface area contributed by atoms with Gasteiger partial charge in [-0.05, 0) is 25.0 Å². The molecule has 3 rings (SSSR count). The quantitative estimate of drug-likeness (QED) is 0.860. The second-order valence-corrected chi connectivity index (χ2v) is 5.93. The summed E-state index contributed by atoms with van der Waals surface area (Å²) in [6.45, 7) is 4.10. The molecule has 0 amide bonds. The molecule has 1 aromatic heterocycles. The van der Waals surface area contributed by atoms with Gasteiger partial charge in [0.2, 0.25) is 0 Å². The van der Waals surface area contributed by atoms with E-state index in [2.05, 4.69) is 22.4 Å². The van der Waals surface area contributed by atoms with Gasteiger partial charge in [0, 0.05) is 31.8 Å². The van der Waals surface area contributed by atoms with Gasteiger partial charge >= 0.3 is 0 Å². The molecule has 4 heteroatoms. The molecule has 0 unspecified atom stereocenters. The van der Waals surface area contributed by atoms with Crippen LogP contribution in [0.2, 0.25) is 0 Å². The first-order valence-corrected chi connectivity index (χ1v) is 7.62. The summed E-state index contributed by atoms with van der Waals surface area (Å²) >= 11 is 1.62. The summed E-state index contributed by atoms with van der Waals surface area (Å²) in [5, 5.41) is 4.56. The Morgan fingerprint density at radius 3 is 2.84 bits per heavy atom. The lowest BCUT2D eigenvalue weighted by Crippen LogP contribution is -2.43. The second kappa shape index (κ2) is 5.72. The van der Waals surface area contributed by atoms with Crippen molar-refractivity contribution in [2.45, 2.75) is 12.8 Å². The maximum absolute atomic E-state index is 12.4. The summed E-state index contributed by atoms with van der Waals surface area (Å²) in [5.41, 5.74) is 0.941. The maximum atomic E-state index is 12.4. The van der Waals surface area contributed by atoms with Crippen LogP contribution in [0.4, 0.5) is 5.00 Å². The van der Waals surface area contributed by atoms with Crippen LogP contribution in [-0.4, -0.2) is 32.0 Å². The summed E-state index contributed by atoms with van der Waals surface area (Å²) in [7, 11) is 0. The molecule has 2 heterocycles. The lowest BCUT2D eigenvalue weighted by Gasteiger charge is -2.27. The third-order valence-corrected chi connectivity index (χ3v) is 4.69. The van der Waals surface area contributed by atoms with E-state index in [1.54, 1.807) is 11.3 Å². The Morgan fingerprint density at radius 2 is 2.11 bits per heavy atom. The van der Waals surface area contributed by atoms with Gasteiger partial charge in [0.05, 0.1) is 9.88 Å². The number of carbonyl (C=O) groups is 1. The predicted molar refractivity (Wildman–Crippen MR) is 80.2 cm³/mol. The van der Waals surface area contributed by atoms with Crippen molar-refractivity contribution in [1.82, 2.24) is 5.32 Å². The van der Waals surface area contributed by atoms with Gasteiger partial charge in [-0.3, -0.25) is 4.79 Å². The molecule has 1 aliphatic heterocycles. The molecule has 0 aromatic carbocycles. The molecule has 0 atom stereocenters. The van der Waals surface area contributed by atoms with Gasteiger partial charge in [-0.15, -0.1) is 11.3 Å². The Kier molecular flexibility index (Phi) is 3.80. The molecule has 1 aromatic rings. The number of thiophene rings is 1. The highest BCUT2D eigenvalue weighted by Gasteiger charge is 2.18. The van der Waals surface area contributed by atoms with Crippen molar-refractivity contribution in [3.63, 3.8) is 0 Å². The van der Waals surface area contributed by atoms with Gasteiger partial charge in [-0.25, -0.2) is 0 Å². The van der Waals surface area contributed by atoms with Gasteiger partial charge in [0.15, 0.2) is 5.78 Å². The lowest BCUT2D eigenvalue weighted by molar-refractivity contribution is 0.103. The molecule has 1 saturated heterocycles. The SMILES string of the molecule is O=C(C1=CC=CCC1)c1ccc(N2CCNCC2)s1. The first-order chi connectivity index (χ1) is 9.34. The minimum Gasteiger partial charge on any atom is -0.361 e. The number of rotatable bonds is 3. The van der Waals surface area contributed by atoms with Crippen LogP contribution in [0.15, 0.2) is 35.9 Å². The number of hydrogen-bond acceptors (Lipinski definition) is 4. The van der Waals surface area contributed by atoms with Crippen LogP contribution < -0.4 is 10.2 Å². The fourth-order valence-electron chi connectivity index (χ4n) is 2.45. The van der Waals surface area contributed by atoms with Crippen LogP contribution in [0, 0.1) is 0 Å². The van der Waals surface area contributed by atoms with E-state index in [0.717, 1.165) is 49.5 Å². The Morgan fingerprint density at radius 1 is 1.26 bits per heavy atom. The van der Waals surface area contributed by atoms with Crippen molar-refractivity contribution in [2.75, 3.05) is 31.1 Å². The van der Waals surface area contributed by atoms with E-state index in [-0.39, 0.29) is 5.78 Å². The summed E-state index contributed by atoms with van der Waals surface area (Å²) < 4.78 is 0. The molecule has 0 spiro atoms. The van der Waals surface area contributed by atoms with Gasteiger partial charge in [0.1, 0.15) is 0 Å². The number of allylic oxidation sites excluding steroid dienone is 4. The van der Waals surface area contributed by atoms with Crippen molar-refractivity contribution < 1.29 is 4.79 Å². The highest BCUT2D eigenvalue weighted by atomic mass is 32.1. The van der Waals surface area contributed by atoms with Gasteiger partial charge in [0.25, 0.3) is 0 Å². The first-order valence-electron chi connectivity index (χ1n) is 6.80. The number of carbonyl (C=O) groups excluding carboxylic acids is 1. The molecule has 3 nitrogen and oxygen atoms in total. The van der Waals surface area contributed by atoms with Gasteiger partial charge in [-0.2, -0.15) is 0 Å². The lowest BCUT2D eigenvalue weighted by atomic mass is 10.0. The summed E-state index contributed by atoms with van der Waals surface area (Å²) in [6, 6.07) is 4.06. The Balaban J connectivity index is 1.75. The molecule has 1 aliphatic carbocycles. The van der Waals surface area contributed by atoms with E-state index in [9.17, 15) is 4.79 Å². The van der Waals surface area contributed by atoms with Crippen LogP contribution in [0.1, 0.15) is 22.5 Å². The maximum Gasteiger partial charge on any atom is 0.199 e. The minimum absolute atomic E-state index is 0.204. The molecule has 1 fully saturated rings. The number of anilines is 1. The number of nitrogens with one attached hydrogen (secondary N) is 1. The molecule has 0 saturated carbocycles. The van der Waals surface area contributed by atoms with Crippen molar-refractivity contribution in [3.05, 3.63) is 40.8 Å². The predicted octanol–water partition coefficient (Wildman–Crippen LogP) is 2.62. The zero-order valence-electron chi connectivity index (χ0n) is 10.9. The van der Waals surface area contributed by atoms with E-state index in [1.807, 2.05) is 18.2 Å². The fourth-order valence-corrected chi connectivity index (χ4v) is 3.49. The largest absolute Gasteiger partial charge is 0.361 e. The molecule has 0 radical (unpaired) electrons. The number of ketones is 1. The van der Waals surface area contributed by atoms with E-state index in [0.29, 0.717) is 0 Å². The van der Waals surface area contributed by atoms with Crippen LogP contribution in [0.5, 0.6) is 0 Å². The number of hydrogen-bond donors (Lipinski definition) is 1. The zero-order chi connectivity index (χ0) is 13.1. The Bertz CT molecular complexity index is 524. The molecule has 19 heavy (non-hydrogen) atoms. The summed E-state index contributed by atoms with van der Waals surface area (Å²) in [6.07, 6.45) is 7.90. The monoisotopic (exact) mass is 274 g/mol. The number of nitrogens with zero attached hydrogens (tertiary/aromatic N) is 1. The fraction of sp³-hybridized carbons (Fsp3) is 0.400. The zero-order valence-corrected chi connectivity index (χ0v) is 11.7. The van der Waals surface area contributed by atoms with Gasteiger partial charge < -0.3 is 10.2 Å². The van der Waals surface area contributed by atoms with E-state index in [1.165, 1.54) is 5.00 Å². The third-order valence-electron chi connectivity index (χ3n) is 3.55. The molecule has 0 bridgehead atoms. The van der Waals surface area contributed by atoms with E-state index in [4.69, 9.17) is 0 Å². The Hall–Kier alpha value is -1.39. The molecular weight excluding hydrogens is 256 g/mol. The first kappa shape index (κ1) is 12.6. The summed E-state index contributed by atoms with van der Waals surface area (Å²) in [5.74, 6) is 0.204. The Labute approximate surface area is 117 Å². The molecule has 100 valence electrons. The average molecular weight is 274 g/mol.